The van der Waals surface area contributed by atoms with Gasteiger partial charge in [0.05, 0.1) is 18.2 Å². The highest BCUT2D eigenvalue weighted by Crippen LogP contribution is 2.41. The van der Waals surface area contributed by atoms with E-state index in [-0.39, 0.29) is 0 Å². The maximum atomic E-state index is 12.3. The van der Waals surface area contributed by atoms with Gasteiger partial charge in [-0.05, 0) is 68.6 Å². The maximum Gasteiger partial charge on any atom is 0.219 e. The number of benzene rings is 2. The molecule has 6 nitrogen and oxygen atoms in total. The number of ether oxygens (including phenoxy) is 1. The standard InChI is InChI=1S/C28H31BrN4O2/c1-3-20(16-21-8-5-4-6-9-21)19-28(34,12-13-30)26(33-15-7-14-31-33)24-18-22-17-23(29)10-11-25(22)32-27(24)35-2/h3-11,14-15,17-18,26,34H,12-13,16,19,30H2,1-2H3/b20-3+/t26?,28-/m1/s1. The Morgan fingerprint density at radius 1 is 1.20 bits per heavy atom. The molecule has 0 radical (unpaired) electrons. The number of halogens is 1. The van der Waals surface area contributed by atoms with E-state index in [2.05, 4.69) is 39.2 Å². The monoisotopic (exact) mass is 534 g/mol. The highest BCUT2D eigenvalue weighted by Gasteiger charge is 2.41. The zero-order valence-corrected chi connectivity index (χ0v) is 21.6. The molecule has 0 bridgehead atoms. The van der Waals surface area contributed by atoms with Crippen LogP contribution in [-0.4, -0.2) is 39.1 Å². The summed E-state index contributed by atoms with van der Waals surface area (Å²) < 4.78 is 8.48. The predicted molar refractivity (Wildman–Crippen MR) is 144 cm³/mol. The second kappa shape index (κ2) is 11.2. The zero-order valence-electron chi connectivity index (χ0n) is 20.1. The quantitative estimate of drug-likeness (QED) is 0.264. The van der Waals surface area contributed by atoms with Crippen molar-refractivity contribution in [1.82, 2.24) is 14.8 Å². The Morgan fingerprint density at radius 2 is 2.00 bits per heavy atom. The Morgan fingerprint density at radius 3 is 2.66 bits per heavy atom. The van der Waals surface area contributed by atoms with Gasteiger partial charge in [0.1, 0.15) is 6.04 Å². The summed E-state index contributed by atoms with van der Waals surface area (Å²) in [6.45, 7) is 2.34. The van der Waals surface area contributed by atoms with Crippen LogP contribution in [0.3, 0.4) is 0 Å². The number of fused-ring (bicyclic) bond motifs is 1. The van der Waals surface area contributed by atoms with Gasteiger partial charge in [-0.3, -0.25) is 4.68 Å². The number of nitrogens with two attached hydrogens (primary N) is 1. The average Bonchev–Trinajstić information content (AvgIpc) is 3.38. The molecular formula is C28H31BrN4O2. The molecule has 0 aliphatic heterocycles. The van der Waals surface area contributed by atoms with Crippen LogP contribution in [0.15, 0.2) is 89.2 Å². The van der Waals surface area contributed by atoms with Gasteiger partial charge < -0.3 is 15.6 Å². The van der Waals surface area contributed by atoms with Crippen molar-refractivity contribution in [2.24, 2.45) is 5.73 Å². The Kier molecular flexibility index (Phi) is 8.00. The number of nitrogens with zero attached hydrogens (tertiary/aromatic N) is 3. The number of allylic oxidation sites excluding steroid dienone is 1. The van der Waals surface area contributed by atoms with Crippen molar-refractivity contribution in [1.29, 1.82) is 0 Å². The molecule has 35 heavy (non-hydrogen) atoms. The smallest absolute Gasteiger partial charge is 0.219 e. The normalized spacial score (nSPS) is 14.6. The summed E-state index contributed by atoms with van der Waals surface area (Å²) in [6, 6.07) is 19.5. The summed E-state index contributed by atoms with van der Waals surface area (Å²) in [6.07, 6.45) is 7.22. The average molecular weight is 535 g/mol. The minimum Gasteiger partial charge on any atom is -0.481 e. The number of hydrogen-bond acceptors (Lipinski definition) is 5. The van der Waals surface area contributed by atoms with Crippen LogP contribution in [0.4, 0.5) is 0 Å². The second-order valence-corrected chi connectivity index (χ2v) is 9.66. The van der Waals surface area contributed by atoms with Crippen LogP contribution < -0.4 is 10.5 Å². The first-order chi connectivity index (χ1) is 17.0. The van der Waals surface area contributed by atoms with E-state index < -0.39 is 11.6 Å². The van der Waals surface area contributed by atoms with Crippen LogP contribution >= 0.6 is 15.9 Å². The van der Waals surface area contributed by atoms with E-state index >= 15 is 0 Å². The fourth-order valence-electron chi connectivity index (χ4n) is 4.71. The number of methoxy groups -OCH3 is 1. The number of rotatable bonds is 10. The highest BCUT2D eigenvalue weighted by atomic mass is 79.9. The van der Waals surface area contributed by atoms with Gasteiger partial charge >= 0.3 is 0 Å². The van der Waals surface area contributed by atoms with E-state index in [0.717, 1.165) is 32.9 Å². The van der Waals surface area contributed by atoms with Crippen molar-refractivity contribution < 1.29 is 9.84 Å². The molecule has 0 amide bonds. The van der Waals surface area contributed by atoms with Crippen LogP contribution in [0.1, 0.15) is 36.9 Å². The van der Waals surface area contributed by atoms with E-state index in [4.69, 9.17) is 15.5 Å². The molecule has 2 aromatic heterocycles. The fraction of sp³-hybridized carbons (Fsp3) is 0.286. The van der Waals surface area contributed by atoms with Gasteiger partial charge in [-0.1, -0.05) is 57.9 Å². The first-order valence-corrected chi connectivity index (χ1v) is 12.5. The molecule has 2 aromatic carbocycles. The van der Waals surface area contributed by atoms with E-state index in [1.54, 1.807) is 18.0 Å². The van der Waals surface area contributed by atoms with Gasteiger partial charge in [0.15, 0.2) is 0 Å². The van der Waals surface area contributed by atoms with Crippen LogP contribution in [0.25, 0.3) is 10.9 Å². The Hall–Kier alpha value is -3.00. The third-order valence-corrected chi connectivity index (χ3v) is 6.84. The first kappa shape index (κ1) is 25.1. The lowest BCUT2D eigenvalue weighted by Gasteiger charge is -2.38. The number of aromatic nitrogens is 3. The molecule has 0 saturated heterocycles. The van der Waals surface area contributed by atoms with Gasteiger partial charge in [0, 0.05) is 27.8 Å². The van der Waals surface area contributed by atoms with Crippen LogP contribution in [0.2, 0.25) is 0 Å². The van der Waals surface area contributed by atoms with E-state index in [9.17, 15) is 5.11 Å². The number of aliphatic hydroxyl groups is 1. The van der Waals surface area contributed by atoms with Crippen molar-refractivity contribution in [3.63, 3.8) is 0 Å². The van der Waals surface area contributed by atoms with Crippen molar-refractivity contribution in [2.45, 2.75) is 37.8 Å². The van der Waals surface area contributed by atoms with E-state index in [1.807, 2.05) is 61.7 Å². The minimum absolute atomic E-state index is 0.325. The topological polar surface area (TPSA) is 86.2 Å². The van der Waals surface area contributed by atoms with E-state index in [0.29, 0.717) is 25.3 Å². The van der Waals surface area contributed by atoms with Gasteiger partial charge in [-0.2, -0.15) is 5.10 Å². The molecule has 0 spiro atoms. The Bertz CT molecular complexity index is 1290. The molecule has 4 rings (SSSR count). The first-order valence-electron chi connectivity index (χ1n) is 11.7. The van der Waals surface area contributed by atoms with Crippen molar-refractivity contribution in [3.05, 3.63) is 100 Å². The molecule has 4 aromatic rings. The minimum atomic E-state index is -1.23. The summed E-state index contributed by atoms with van der Waals surface area (Å²) in [7, 11) is 1.60. The Balaban J connectivity index is 1.83. The molecule has 7 heteroatoms. The lowest BCUT2D eigenvalue weighted by atomic mass is 9.79. The summed E-state index contributed by atoms with van der Waals surface area (Å²) in [5.41, 5.74) is 8.73. The largest absolute Gasteiger partial charge is 0.481 e. The van der Waals surface area contributed by atoms with Crippen molar-refractivity contribution in [2.75, 3.05) is 13.7 Å². The molecule has 0 fully saturated rings. The van der Waals surface area contributed by atoms with E-state index in [1.165, 1.54) is 5.56 Å². The molecule has 3 N–H and O–H groups in total. The maximum absolute atomic E-state index is 12.3. The van der Waals surface area contributed by atoms with Gasteiger partial charge in [0.2, 0.25) is 5.88 Å². The van der Waals surface area contributed by atoms with Gasteiger partial charge in [-0.15, -0.1) is 0 Å². The molecule has 0 aliphatic rings. The summed E-state index contributed by atoms with van der Waals surface area (Å²) in [4.78, 5) is 4.77. The highest BCUT2D eigenvalue weighted by molar-refractivity contribution is 9.10. The summed E-state index contributed by atoms with van der Waals surface area (Å²) in [5.74, 6) is 0.459. The van der Waals surface area contributed by atoms with Crippen LogP contribution in [-0.2, 0) is 6.42 Å². The van der Waals surface area contributed by atoms with Gasteiger partial charge in [0.25, 0.3) is 0 Å². The molecular weight excluding hydrogens is 504 g/mol. The number of hydrogen-bond donors (Lipinski definition) is 2. The van der Waals surface area contributed by atoms with Crippen molar-refractivity contribution in [3.8, 4) is 5.88 Å². The third-order valence-electron chi connectivity index (χ3n) is 6.35. The van der Waals surface area contributed by atoms with Crippen LogP contribution in [0, 0.1) is 0 Å². The molecule has 2 atom stereocenters. The summed E-state index contributed by atoms with van der Waals surface area (Å²) >= 11 is 3.56. The SMILES string of the molecule is C/C=C(\Cc1ccccc1)C[C@](O)(CCN)C(c1cc2cc(Br)ccc2nc1OC)n1cccn1. The second-order valence-electron chi connectivity index (χ2n) is 8.74. The molecule has 1 unspecified atom stereocenters. The van der Waals surface area contributed by atoms with Crippen LogP contribution in [0.5, 0.6) is 5.88 Å². The molecule has 0 aliphatic carbocycles. The fourth-order valence-corrected chi connectivity index (χ4v) is 5.09. The predicted octanol–water partition coefficient (Wildman–Crippen LogP) is 5.45. The Labute approximate surface area is 214 Å². The van der Waals surface area contributed by atoms with Crippen molar-refractivity contribution >= 4 is 26.8 Å². The third kappa shape index (κ3) is 5.64. The molecule has 0 saturated carbocycles. The summed E-state index contributed by atoms with van der Waals surface area (Å²) in [5, 5.41) is 17.8. The lowest BCUT2D eigenvalue weighted by Crippen LogP contribution is -2.43. The van der Waals surface area contributed by atoms with Gasteiger partial charge in [-0.25, -0.2) is 4.98 Å². The zero-order chi connectivity index (χ0) is 24.8. The number of pyridine rings is 1. The molecule has 182 valence electrons. The molecule has 2 heterocycles. The lowest BCUT2D eigenvalue weighted by molar-refractivity contribution is -0.00873.